The molecule has 0 bridgehead atoms. The molecule has 0 amide bonds. The van der Waals surface area contributed by atoms with E-state index in [2.05, 4.69) is 21.0 Å². The largest absolute Gasteiger partial charge is 0.478 e. The highest BCUT2D eigenvalue weighted by atomic mass is 79.9. The number of carboxylic acid groups (broad SMARTS) is 1. The van der Waals surface area contributed by atoms with Crippen LogP contribution < -0.4 is 0 Å². The molecule has 0 spiro atoms. The average Bonchev–Trinajstić information content (AvgIpc) is 2.74. The van der Waals surface area contributed by atoms with E-state index < -0.39 is 10.9 Å². The maximum atomic E-state index is 11.1. The van der Waals surface area contributed by atoms with Gasteiger partial charge in [-0.3, -0.25) is 10.1 Å². The Morgan fingerprint density at radius 3 is 2.72 bits per heavy atom. The van der Waals surface area contributed by atoms with Crippen LogP contribution in [0.3, 0.4) is 0 Å². The zero-order chi connectivity index (χ0) is 13.3. The van der Waals surface area contributed by atoms with Gasteiger partial charge >= 0.3 is 5.97 Å². The standard InChI is InChI=1S/C10H6BrN3O4/c11-6-4-12-13(5-6)9-3-7(14(17)18)1-2-8(9)10(15)16/h1-5H,(H,15,16). The second-order valence-electron chi connectivity index (χ2n) is 3.37. The summed E-state index contributed by atoms with van der Waals surface area (Å²) in [5.41, 5.74) is -0.111. The van der Waals surface area contributed by atoms with Crippen molar-refractivity contribution < 1.29 is 14.8 Å². The summed E-state index contributed by atoms with van der Waals surface area (Å²) in [6.07, 6.45) is 2.98. The number of hydrogen-bond acceptors (Lipinski definition) is 4. The van der Waals surface area contributed by atoms with Gasteiger partial charge < -0.3 is 5.11 Å². The summed E-state index contributed by atoms with van der Waals surface area (Å²) in [5, 5.41) is 23.6. The molecule has 2 aromatic rings. The van der Waals surface area contributed by atoms with Gasteiger partial charge in [-0.05, 0) is 22.0 Å². The normalized spacial score (nSPS) is 10.3. The number of carboxylic acids is 1. The highest BCUT2D eigenvalue weighted by Crippen LogP contribution is 2.22. The Bertz CT molecular complexity index is 638. The molecule has 0 atom stereocenters. The van der Waals surface area contributed by atoms with E-state index in [1.165, 1.54) is 29.2 Å². The number of aromatic nitrogens is 2. The number of nitro groups is 1. The molecule has 0 aliphatic heterocycles. The van der Waals surface area contributed by atoms with Crippen LogP contribution in [0.25, 0.3) is 5.69 Å². The Balaban J connectivity index is 2.64. The fraction of sp³-hybridized carbons (Fsp3) is 0. The van der Waals surface area contributed by atoms with Crippen molar-refractivity contribution in [3.05, 3.63) is 50.7 Å². The first-order valence-electron chi connectivity index (χ1n) is 4.71. The summed E-state index contributed by atoms with van der Waals surface area (Å²) in [6, 6.07) is 3.50. The SMILES string of the molecule is O=C(O)c1ccc([N+](=O)[O-])cc1-n1cc(Br)cn1. The topological polar surface area (TPSA) is 98.3 Å². The van der Waals surface area contributed by atoms with E-state index in [-0.39, 0.29) is 16.9 Å². The molecule has 7 nitrogen and oxygen atoms in total. The Morgan fingerprint density at radius 1 is 1.50 bits per heavy atom. The molecule has 0 aliphatic carbocycles. The van der Waals surface area contributed by atoms with Crippen molar-refractivity contribution in [3.63, 3.8) is 0 Å². The number of nitro benzene ring substituents is 1. The Hall–Kier alpha value is -2.22. The highest BCUT2D eigenvalue weighted by Gasteiger charge is 2.17. The van der Waals surface area contributed by atoms with Crippen molar-refractivity contribution in [2.45, 2.75) is 0 Å². The molecule has 1 heterocycles. The van der Waals surface area contributed by atoms with Gasteiger partial charge in [-0.2, -0.15) is 5.10 Å². The number of nitrogens with zero attached hydrogens (tertiary/aromatic N) is 3. The first kappa shape index (κ1) is 12.2. The molecule has 0 saturated heterocycles. The quantitative estimate of drug-likeness (QED) is 0.692. The van der Waals surface area contributed by atoms with Crippen LogP contribution in [0.15, 0.2) is 35.1 Å². The molecular formula is C10H6BrN3O4. The number of hydrogen-bond donors (Lipinski definition) is 1. The molecule has 92 valence electrons. The lowest BCUT2D eigenvalue weighted by molar-refractivity contribution is -0.384. The van der Waals surface area contributed by atoms with Crippen LogP contribution in [0, 0.1) is 10.1 Å². The third-order valence-electron chi connectivity index (χ3n) is 2.22. The number of benzene rings is 1. The first-order chi connectivity index (χ1) is 8.49. The molecule has 8 heteroatoms. The fourth-order valence-corrected chi connectivity index (χ4v) is 1.72. The summed E-state index contributed by atoms with van der Waals surface area (Å²) in [5.74, 6) is -1.17. The number of non-ortho nitro benzene ring substituents is 1. The first-order valence-corrected chi connectivity index (χ1v) is 5.50. The van der Waals surface area contributed by atoms with Crippen molar-refractivity contribution in [3.8, 4) is 5.69 Å². The number of aromatic carboxylic acids is 1. The van der Waals surface area contributed by atoms with Crippen molar-refractivity contribution in [1.29, 1.82) is 0 Å². The molecule has 18 heavy (non-hydrogen) atoms. The fourth-order valence-electron chi connectivity index (χ4n) is 1.44. The third kappa shape index (κ3) is 2.23. The van der Waals surface area contributed by atoms with Crippen LogP contribution in [0.1, 0.15) is 10.4 Å². The number of carbonyl (C=O) groups is 1. The van der Waals surface area contributed by atoms with Crippen LogP contribution in [-0.4, -0.2) is 25.8 Å². The Labute approximate surface area is 109 Å². The lowest BCUT2D eigenvalue weighted by Gasteiger charge is -2.05. The molecule has 1 aromatic carbocycles. The second-order valence-corrected chi connectivity index (χ2v) is 4.28. The summed E-state index contributed by atoms with van der Waals surface area (Å²) >= 11 is 3.17. The van der Waals surface area contributed by atoms with Crippen LogP contribution >= 0.6 is 15.9 Å². The smallest absolute Gasteiger partial charge is 0.337 e. The predicted molar refractivity (Wildman–Crippen MR) is 64.9 cm³/mol. The van der Waals surface area contributed by atoms with Crippen molar-refractivity contribution in [1.82, 2.24) is 9.78 Å². The Kier molecular flexibility index (Phi) is 3.11. The van der Waals surface area contributed by atoms with E-state index in [0.29, 0.717) is 4.47 Å². The monoisotopic (exact) mass is 311 g/mol. The van der Waals surface area contributed by atoms with Gasteiger partial charge in [0.15, 0.2) is 0 Å². The van der Waals surface area contributed by atoms with Crippen LogP contribution in [0.4, 0.5) is 5.69 Å². The van der Waals surface area contributed by atoms with Gasteiger partial charge in [-0.25, -0.2) is 9.48 Å². The number of halogens is 1. The zero-order valence-corrected chi connectivity index (χ0v) is 10.4. The maximum absolute atomic E-state index is 11.1. The predicted octanol–water partition coefficient (Wildman–Crippen LogP) is 2.24. The summed E-state index contributed by atoms with van der Waals surface area (Å²) in [7, 11) is 0. The van der Waals surface area contributed by atoms with Gasteiger partial charge in [0.25, 0.3) is 5.69 Å². The van der Waals surface area contributed by atoms with Crippen molar-refractivity contribution >= 4 is 27.6 Å². The average molecular weight is 312 g/mol. The van der Waals surface area contributed by atoms with Gasteiger partial charge in [0.05, 0.1) is 26.8 Å². The van der Waals surface area contributed by atoms with E-state index in [0.717, 1.165) is 6.07 Å². The van der Waals surface area contributed by atoms with Gasteiger partial charge in [0.1, 0.15) is 0 Å². The summed E-state index contributed by atoms with van der Waals surface area (Å²) in [6.45, 7) is 0. The molecule has 0 unspecified atom stereocenters. The molecule has 1 aromatic heterocycles. The minimum absolute atomic E-state index is 0.0591. The van der Waals surface area contributed by atoms with E-state index in [1.807, 2.05) is 0 Å². The summed E-state index contributed by atoms with van der Waals surface area (Å²) < 4.78 is 1.91. The zero-order valence-electron chi connectivity index (χ0n) is 8.78. The van der Waals surface area contributed by atoms with Crippen molar-refractivity contribution in [2.75, 3.05) is 0 Å². The minimum atomic E-state index is -1.17. The van der Waals surface area contributed by atoms with E-state index in [4.69, 9.17) is 5.11 Å². The highest BCUT2D eigenvalue weighted by molar-refractivity contribution is 9.10. The molecule has 0 aliphatic rings. The molecule has 0 saturated carbocycles. The molecule has 0 fully saturated rings. The lowest BCUT2D eigenvalue weighted by Crippen LogP contribution is -2.06. The molecule has 0 radical (unpaired) electrons. The number of rotatable bonds is 3. The third-order valence-corrected chi connectivity index (χ3v) is 2.63. The van der Waals surface area contributed by atoms with E-state index >= 15 is 0 Å². The van der Waals surface area contributed by atoms with Gasteiger partial charge in [-0.1, -0.05) is 0 Å². The van der Waals surface area contributed by atoms with Gasteiger partial charge in [0.2, 0.25) is 0 Å². The molecular weight excluding hydrogens is 306 g/mol. The Morgan fingerprint density at radius 2 is 2.22 bits per heavy atom. The van der Waals surface area contributed by atoms with E-state index in [1.54, 1.807) is 0 Å². The second kappa shape index (κ2) is 4.57. The summed E-state index contributed by atoms with van der Waals surface area (Å²) in [4.78, 5) is 21.2. The van der Waals surface area contributed by atoms with E-state index in [9.17, 15) is 14.9 Å². The van der Waals surface area contributed by atoms with Crippen LogP contribution in [0.2, 0.25) is 0 Å². The minimum Gasteiger partial charge on any atom is -0.478 e. The lowest BCUT2D eigenvalue weighted by atomic mass is 10.1. The molecule has 1 N–H and O–H groups in total. The van der Waals surface area contributed by atoms with Gasteiger partial charge in [0, 0.05) is 18.3 Å². The molecule has 2 rings (SSSR count). The van der Waals surface area contributed by atoms with Gasteiger partial charge in [-0.15, -0.1) is 0 Å². The maximum Gasteiger partial charge on any atom is 0.337 e. The van der Waals surface area contributed by atoms with Crippen LogP contribution in [-0.2, 0) is 0 Å². The van der Waals surface area contributed by atoms with Crippen LogP contribution in [0.5, 0.6) is 0 Å². The van der Waals surface area contributed by atoms with Crippen molar-refractivity contribution in [2.24, 2.45) is 0 Å².